The molecule has 0 N–H and O–H groups in total. The monoisotopic (exact) mass is 217 g/mol. The zero-order chi connectivity index (χ0) is 11.9. The Labute approximate surface area is 97.3 Å². The number of carbonyl (C=O) groups excluding carboxylic acids is 1. The van der Waals surface area contributed by atoms with E-state index in [4.69, 9.17) is 0 Å². The molecule has 0 saturated carbocycles. The summed E-state index contributed by atoms with van der Waals surface area (Å²) in [6.45, 7) is 9.16. The van der Waals surface area contributed by atoms with Crippen molar-refractivity contribution >= 4 is 5.91 Å². The second-order valence-electron chi connectivity index (χ2n) is 4.82. The van der Waals surface area contributed by atoms with Gasteiger partial charge in [0.2, 0.25) is 0 Å². The lowest BCUT2D eigenvalue weighted by molar-refractivity contribution is 0.0730. The first-order valence-corrected chi connectivity index (χ1v) is 5.98. The van der Waals surface area contributed by atoms with Crippen molar-refractivity contribution < 1.29 is 4.79 Å². The molecule has 0 aromatic heterocycles. The maximum Gasteiger partial charge on any atom is 0.254 e. The van der Waals surface area contributed by atoms with Crippen LogP contribution in [0, 0.1) is 6.92 Å². The molecule has 0 unspecified atom stereocenters. The Bertz CT molecular complexity index is 435. The van der Waals surface area contributed by atoms with E-state index in [0.29, 0.717) is 0 Å². The van der Waals surface area contributed by atoms with Crippen LogP contribution in [0.1, 0.15) is 47.8 Å². The molecule has 0 spiro atoms. The minimum absolute atomic E-state index is 0.191. The third-order valence-corrected chi connectivity index (χ3v) is 3.40. The van der Waals surface area contributed by atoms with Crippen molar-refractivity contribution in [3.8, 4) is 0 Å². The molecule has 1 heterocycles. The van der Waals surface area contributed by atoms with Gasteiger partial charge in [-0.3, -0.25) is 4.79 Å². The van der Waals surface area contributed by atoms with Crippen LogP contribution in [0.2, 0.25) is 0 Å². The average molecular weight is 217 g/mol. The van der Waals surface area contributed by atoms with E-state index in [1.54, 1.807) is 0 Å². The van der Waals surface area contributed by atoms with Gasteiger partial charge in [-0.25, -0.2) is 0 Å². The lowest BCUT2D eigenvalue weighted by Gasteiger charge is -2.19. The van der Waals surface area contributed by atoms with Crippen LogP contribution in [0.4, 0.5) is 0 Å². The second kappa shape index (κ2) is 3.93. The summed E-state index contributed by atoms with van der Waals surface area (Å²) >= 11 is 0. The highest BCUT2D eigenvalue weighted by molar-refractivity contribution is 5.98. The molecule has 1 aliphatic heterocycles. The summed E-state index contributed by atoms with van der Waals surface area (Å²) in [7, 11) is 0. The molecule has 0 fully saturated rings. The summed E-state index contributed by atoms with van der Waals surface area (Å²) < 4.78 is 0. The number of carbonyl (C=O) groups is 1. The van der Waals surface area contributed by atoms with Gasteiger partial charge in [-0.2, -0.15) is 0 Å². The van der Waals surface area contributed by atoms with Gasteiger partial charge in [0.25, 0.3) is 5.91 Å². The van der Waals surface area contributed by atoms with Crippen LogP contribution in [0.5, 0.6) is 0 Å². The summed E-state index contributed by atoms with van der Waals surface area (Å²) in [4.78, 5) is 14.1. The highest BCUT2D eigenvalue weighted by atomic mass is 16.2. The first-order chi connectivity index (χ1) is 7.54. The standard InChI is InChI=1S/C14H19NO/c1-5-11-7-12-8-15(9(2)3)14(16)13(12)6-10(11)4/h6-7,9H,5,8H2,1-4H3. The van der Waals surface area contributed by atoms with Crippen molar-refractivity contribution in [3.05, 3.63) is 34.4 Å². The van der Waals surface area contributed by atoms with Gasteiger partial charge < -0.3 is 4.90 Å². The molecule has 1 aromatic carbocycles. The minimum Gasteiger partial charge on any atom is -0.332 e. The van der Waals surface area contributed by atoms with Crippen LogP contribution < -0.4 is 0 Å². The number of hydrogen-bond acceptors (Lipinski definition) is 1. The number of benzene rings is 1. The third-order valence-electron chi connectivity index (χ3n) is 3.40. The Kier molecular flexibility index (Phi) is 2.75. The quantitative estimate of drug-likeness (QED) is 0.746. The number of fused-ring (bicyclic) bond motifs is 1. The van der Waals surface area contributed by atoms with Crippen molar-refractivity contribution in [2.45, 2.75) is 46.7 Å². The smallest absolute Gasteiger partial charge is 0.254 e. The zero-order valence-corrected chi connectivity index (χ0v) is 10.5. The summed E-state index contributed by atoms with van der Waals surface area (Å²) in [5.74, 6) is 0.191. The predicted octanol–water partition coefficient (Wildman–Crippen LogP) is 2.92. The van der Waals surface area contributed by atoms with Gasteiger partial charge in [-0.15, -0.1) is 0 Å². The Morgan fingerprint density at radius 3 is 2.62 bits per heavy atom. The average Bonchev–Trinajstić information content (AvgIpc) is 2.55. The summed E-state index contributed by atoms with van der Waals surface area (Å²) in [5, 5.41) is 0. The maximum absolute atomic E-state index is 12.1. The third kappa shape index (κ3) is 1.62. The van der Waals surface area contributed by atoms with E-state index >= 15 is 0 Å². The van der Waals surface area contributed by atoms with Gasteiger partial charge >= 0.3 is 0 Å². The maximum atomic E-state index is 12.1. The van der Waals surface area contributed by atoms with Crippen LogP contribution in [0.15, 0.2) is 12.1 Å². The van der Waals surface area contributed by atoms with E-state index in [0.717, 1.165) is 18.5 Å². The lowest BCUT2D eigenvalue weighted by atomic mass is 9.99. The fourth-order valence-electron chi connectivity index (χ4n) is 2.34. The molecular weight excluding hydrogens is 198 g/mol. The molecule has 1 amide bonds. The Morgan fingerprint density at radius 2 is 2.06 bits per heavy atom. The molecule has 1 aliphatic rings. The normalized spacial score (nSPS) is 14.8. The number of hydrogen-bond donors (Lipinski definition) is 0. The van der Waals surface area contributed by atoms with Crippen LogP contribution in [-0.2, 0) is 13.0 Å². The summed E-state index contributed by atoms with van der Waals surface area (Å²) in [6.07, 6.45) is 1.04. The van der Waals surface area contributed by atoms with E-state index in [1.807, 2.05) is 4.90 Å². The number of amides is 1. The second-order valence-corrected chi connectivity index (χ2v) is 4.82. The molecule has 0 aliphatic carbocycles. The van der Waals surface area contributed by atoms with Crippen molar-refractivity contribution in [2.24, 2.45) is 0 Å². The molecule has 2 heteroatoms. The molecule has 0 bridgehead atoms. The lowest BCUT2D eigenvalue weighted by Crippen LogP contribution is -2.30. The predicted molar refractivity (Wildman–Crippen MR) is 65.6 cm³/mol. The van der Waals surface area contributed by atoms with Gasteiger partial charge in [0.1, 0.15) is 0 Å². The van der Waals surface area contributed by atoms with E-state index in [2.05, 4.69) is 39.8 Å². The molecule has 2 rings (SSSR count). The Morgan fingerprint density at radius 1 is 1.38 bits per heavy atom. The van der Waals surface area contributed by atoms with Crippen LogP contribution in [0.25, 0.3) is 0 Å². The van der Waals surface area contributed by atoms with Gasteiger partial charge in [-0.05, 0) is 49.9 Å². The fraction of sp³-hybridized carbons (Fsp3) is 0.500. The van der Waals surface area contributed by atoms with Crippen LogP contribution in [0.3, 0.4) is 0 Å². The van der Waals surface area contributed by atoms with Crippen molar-refractivity contribution in [2.75, 3.05) is 0 Å². The molecule has 1 aromatic rings. The van der Waals surface area contributed by atoms with Crippen LogP contribution >= 0.6 is 0 Å². The van der Waals surface area contributed by atoms with Gasteiger partial charge in [0, 0.05) is 18.2 Å². The first-order valence-electron chi connectivity index (χ1n) is 5.98. The van der Waals surface area contributed by atoms with Gasteiger partial charge in [-0.1, -0.05) is 13.0 Å². The largest absolute Gasteiger partial charge is 0.332 e. The molecular formula is C14H19NO. The number of nitrogens with zero attached hydrogens (tertiary/aromatic N) is 1. The summed E-state index contributed by atoms with van der Waals surface area (Å²) in [5.41, 5.74) is 4.70. The van der Waals surface area contributed by atoms with Gasteiger partial charge in [0.05, 0.1) is 0 Å². The SMILES string of the molecule is CCc1cc2c(cc1C)C(=O)N(C(C)C)C2. The van der Waals surface area contributed by atoms with Gasteiger partial charge in [0.15, 0.2) is 0 Å². The number of rotatable bonds is 2. The molecule has 16 heavy (non-hydrogen) atoms. The minimum atomic E-state index is 0.191. The van der Waals surface area contributed by atoms with Crippen molar-refractivity contribution in [1.29, 1.82) is 0 Å². The van der Waals surface area contributed by atoms with Crippen molar-refractivity contribution in [3.63, 3.8) is 0 Å². The first kappa shape index (κ1) is 11.2. The Balaban J connectivity index is 2.44. The molecule has 86 valence electrons. The molecule has 0 saturated heterocycles. The molecule has 0 radical (unpaired) electrons. The zero-order valence-electron chi connectivity index (χ0n) is 10.5. The van der Waals surface area contributed by atoms with Crippen LogP contribution in [-0.4, -0.2) is 16.8 Å². The topological polar surface area (TPSA) is 20.3 Å². The molecule has 0 atom stereocenters. The highest BCUT2D eigenvalue weighted by Crippen LogP contribution is 2.27. The van der Waals surface area contributed by atoms with E-state index in [1.165, 1.54) is 16.7 Å². The van der Waals surface area contributed by atoms with E-state index < -0.39 is 0 Å². The Hall–Kier alpha value is -1.31. The van der Waals surface area contributed by atoms with Crippen molar-refractivity contribution in [1.82, 2.24) is 4.90 Å². The highest BCUT2D eigenvalue weighted by Gasteiger charge is 2.29. The number of aryl methyl sites for hydroxylation is 2. The summed E-state index contributed by atoms with van der Waals surface area (Å²) in [6, 6.07) is 4.54. The fourth-order valence-corrected chi connectivity index (χ4v) is 2.34. The molecule has 2 nitrogen and oxygen atoms in total. The van der Waals surface area contributed by atoms with E-state index in [-0.39, 0.29) is 11.9 Å². The van der Waals surface area contributed by atoms with E-state index in [9.17, 15) is 4.79 Å².